The summed E-state index contributed by atoms with van der Waals surface area (Å²) < 4.78 is 5.30. The Labute approximate surface area is 193 Å². The van der Waals surface area contributed by atoms with Crippen LogP contribution >= 0.6 is 11.3 Å². The molecule has 33 heavy (non-hydrogen) atoms. The molecular weight excluding hydrogens is 450 g/mol. The van der Waals surface area contributed by atoms with Gasteiger partial charge in [-0.15, -0.1) is 11.3 Å². The Kier molecular flexibility index (Phi) is 6.29. The lowest BCUT2D eigenvalue weighted by Gasteiger charge is -2.28. The Hall–Kier alpha value is -3.51. The number of carbonyl (C=O) groups is 3. The van der Waals surface area contributed by atoms with E-state index in [1.165, 1.54) is 30.4 Å². The number of carbonyl (C=O) groups excluding carboxylic acids is 3. The summed E-state index contributed by atoms with van der Waals surface area (Å²) in [6.07, 6.45) is 0.458. The van der Waals surface area contributed by atoms with Crippen molar-refractivity contribution in [2.45, 2.75) is 19.9 Å². The van der Waals surface area contributed by atoms with Crippen LogP contribution in [0.15, 0.2) is 18.2 Å². The zero-order chi connectivity index (χ0) is 23.7. The van der Waals surface area contributed by atoms with Crippen LogP contribution in [0.3, 0.4) is 0 Å². The third kappa shape index (κ3) is 4.52. The minimum absolute atomic E-state index is 0.0760. The van der Waals surface area contributed by atoms with Crippen LogP contribution < -0.4 is 16.0 Å². The molecule has 2 aliphatic rings. The second-order valence-electron chi connectivity index (χ2n) is 7.78. The number of benzene rings is 1. The zero-order valence-corrected chi connectivity index (χ0v) is 18.8. The number of ether oxygens (including phenoxy) is 1. The molecule has 0 unspecified atom stereocenters. The van der Waals surface area contributed by atoms with Crippen LogP contribution in [0, 0.1) is 10.1 Å². The highest BCUT2D eigenvalue weighted by molar-refractivity contribution is 7.17. The average Bonchev–Trinajstić information content (AvgIpc) is 3.16. The Balaban J connectivity index is 1.62. The van der Waals surface area contributed by atoms with Crippen LogP contribution in [0.5, 0.6) is 0 Å². The molecule has 4 rings (SSSR count). The van der Waals surface area contributed by atoms with Crippen molar-refractivity contribution in [3.63, 3.8) is 0 Å². The first-order chi connectivity index (χ1) is 15.8. The summed E-state index contributed by atoms with van der Waals surface area (Å²) in [6, 6.07) is 4.30. The van der Waals surface area contributed by atoms with Gasteiger partial charge in [0.05, 0.1) is 30.2 Å². The summed E-state index contributed by atoms with van der Waals surface area (Å²) in [4.78, 5) is 52.3. The normalized spacial score (nSPS) is 15.7. The van der Waals surface area contributed by atoms with Gasteiger partial charge in [0.25, 0.3) is 17.5 Å². The first kappa shape index (κ1) is 22.7. The molecule has 12 heteroatoms. The van der Waals surface area contributed by atoms with E-state index in [2.05, 4.69) is 5.32 Å². The van der Waals surface area contributed by atoms with Crippen molar-refractivity contribution >= 4 is 45.4 Å². The van der Waals surface area contributed by atoms with Crippen LogP contribution in [0.25, 0.3) is 0 Å². The molecule has 11 nitrogen and oxygen atoms in total. The van der Waals surface area contributed by atoms with Crippen molar-refractivity contribution < 1.29 is 24.0 Å². The fourth-order valence-corrected chi connectivity index (χ4v) is 5.34. The van der Waals surface area contributed by atoms with E-state index in [0.717, 1.165) is 10.4 Å². The molecule has 1 aromatic heterocycles. The van der Waals surface area contributed by atoms with Crippen molar-refractivity contribution in [2.24, 2.45) is 5.73 Å². The van der Waals surface area contributed by atoms with E-state index in [9.17, 15) is 24.5 Å². The molecule has 2 aliphatic heterocycles. The van der Waals surface area contributed by atoms with E-state index in [4.69, 9.17) is 10.5 Å². The van der Waals surface area contributed by atoms with Crippen LogP contribution in [-0.4, -0.2) is 60.4 Å². The van der Waals surface area contributed by atoms with Gasteiger partial charge in [-0.25, -0.2) is 0 Å². The molecule has 0 saturated carbocycles. The number of nitrogens with one attached hydrogen (secondary N) is 1. The van der Waals surface area contributed by atoms with Crippen molar-refractivity contribution in [1.82, 2.24) is 4.90 Å². The Morgan fingerprint density at radius 3 is 2.58 bits per heavy atom. The van der Waals surface area contributed by atoms with E-state index in [0.29, 0.717) is 51.5 Å². The number of morpholine rings is 1. The smallest absolute Gasteiger partial charge is 0.293 e. The first-order valence-electron chi connectivity index (χ1n) is 10.4. The number of nitro groups is 1. The number of nitro benzene ring substituents is 1. The van der Waals surface area contributed by atoms with Crippen molar-refractivity contribution in [2.75, 3.05) is 43.1 Å². The summed E-state index contributed by atoms with van der Waals surface area (Å²) in [6.45, 7) is 4.26. The standard InChI is InChI=1S/C21H23N5O6S/c1-12(27)25-5-4-14-17(11-25)33-21(18(14)19(22)28)23-20(29)13-2-3-15(16(10-13)26(30)31)24-6-8-32-9-7-24/h2-3,10H,4-9,11H2,1H3,(H2,22,28)(H,23,29). The topological polar surface area (TPSA) is 148 Å². The van der Waals surface area contributed by atoms with Gasteiger partial charge in [0.1, 0.15) is 10.7 Å². The van der Waals surface area contributed by atoms with Crippen molar-refractivity contribution in [1.29, 1.82) is 0 Å². The highest BCUT2D eigenvalue weighted by Gasteiger charge is 2.29. The van der Waals surface area contributed by atoms with Gasteiger partial charge >= 0.3 is 0 Å². The minimum atomic E-state index is -0.673. The fourth-order valence-electron chi connectivity index (χ4n) is 4.08. The molecule has 0 spiro atoms. The van der Waals surface area contributed by atoms with E-state index in [1.54, 1.807) is 11.0 Å². The van der Waals surface area contributed by atoms with Gasteiger partial charge in [0.15, 0.2) is 0 Å². The summed E-state index contributed by atoms with van der Waals surface area (Å²) in [5, 5.41) is 14.7. The van der Waals surface area contributed by atoms with Gasteiger partial charge in [0, 0.05) is 43.1 Å². The number of rotatable bonds is 5. The molecule has 174 valence electrons. The van der Waals surface area contributed by atoms with Gasteiger partial charge in [-0.1, -0.05) is 0 Å². The second-order valence-corrected chi connectivity index (χ2v) is 8.88. The monoisotopic (exact) mass is 473 g/mol. The number of anilines is 2. The molecule has 0 bridgehead atoms. The lowest BCUT2D eigenvalue weighted by molar-refractivity contribution is -0.384. The van der Waals surface area contributed by atoms with E-state index >= 15 is 0 Å². The maximum Gasteiger partial charge on any atom is 0.293 e. The van der Waals surface area contributed by atoms with Gasteiger partial charge in [-0.2, -0.15) is 0 Å². The van der Waals surface area contributed by atoms with E-state index < -0.39 is 16.7 Å². The number of nitrogens with two attached hydrogens (primary N) is 1. The third-order valence-electron chi connectivity index (χ3n) is 5.76. The number of amides is 3. The van der Waals surface area contributed by atoms with Crippen LogP contribution in [0.2, 0.25) is 0 Å². The van der Waals surface area contributed by atoms with Crippen molar-refractivity contribution in [3.05, 3.63) is 49.9 Å². The molecule has 1 saturated heterocycles. The quantitative estimate of drug-likeness (QED) is 0.496. The molecule has 0 aliphatic carbocycles. The minimum Gasteiger partial charge on any atom is -0.378 e. The predicted molar refractivity (Wildman–Crippen MR) is 122 cm³/mol. The molecule has 3 N–H and O–H groups in total. The molecule has 3 amide bonds. The Morgan fingerprint density at radius 1 is 1.21 bits per heavy atom. The number of hydrogen-bond donors (Lipinski definition) is 2. The molecule has 2 aromatic rings. The SMILES string of the molecule is CC(=O)N1CCc2c(sc(NC(=O)c3ccc(N4CCOCC4)c([N+](=O)[O-])c3)c2C(N)=O)C1. The van der Waals surface area contributed by atoms with Gasteiger partial charge in [-0.3, -0.25) is 24.5 Å². The molecular formula is C21H23N5O6S. The lowest BCUT2D eigenvalue weighted by atomic mass is 10.0. The zero-order valence-electron chi connectivity index (χ0n) is 18.0. The number of nitrogens with zero attached hydrogens (tertiary/aromatic N) is 3. The molecule has 3 heterocycles. The van der Waals surface area contributed by atoms with Crippen LogP contribution in [0.1, 0.15) is 38.1 Å². The maximum absolute atomic E-state index is 13.0. The second kappa shape index (κ2) is 9.16. The van der Waals surface area contributed by atoms with Gasteiger partial charge in [-0.05, 0) is 24.1 Å². The number of fused-ring (bicyclic) bond motifs is 1. The largest absolute Gasteiger partial charge is 0.378 e. The van der Waals surface area contributed by atoms with Crippen LogP contribution in [0.4, 0.5) is 16.4 Å². The fraction of sp³-hybridized carbons (Fsp3) is 0.381. The van der Waals surface area contributed by atoms with E-state index in [1.807, 2.05) is 4.90 Å². The molecule has 0 radical (unpaired) electrons. The summed E-state index contributed by atoms with van der Waals surface area (Å²) >= 11 is 1.19. The lowest BCUT2D eigenvalue weighted by Crippen LogP contribution is -2.36. The summed E-state index contributed by atoms with van der Waals surface area (Å²) in [5.41, 5.74) is 6.88. The maximum atomic E-state index is 13.0. The van der Waals surface area contributed by atoms with Gasteiger partial charge in [0.2, 0.25) is 5.91 Å². The summed E-state index contributed by atoms with van der Waals surface area (Å²) in [7, 11) is 0. The molecule has 0 atom stereocenters. The predicted octanol–water partition coefficient (Wildman–Crippen LogP) is 1.75. The van der Waals surface area contributed by atoms with Crippen molar-refractivity contribution in [3.8, 4) is 0 Å². The van der Waals surface area contributed by atoms with Gasteiger partial charge < -0.3 is 25.6 Å². The van der Waals surface area contributed by atoms with Crippen LogP contribution in [-0.2, 0) is 22.5 Å². The molecule has 1 aromatic carbocycles. The Bertz CT molecular complexity index is 1140. The molecule has 1 fully saturated rings. The number of primary amides is 1. The summed E-state index contributed by atoms with van der Waals surface area (Å²) in [5.74, 6) is -1.34. The number of hydrogen-bond acceptors (Lipinski definition) is 8. The van der Waals surface area contributed by atoms with E-state index in [-0.39, 0.29) is 27.7 Å². The average molecular weight is 474 g/mol. The Morgan fingerprint density at radius 2 is 1.94 bits per heavy atom. The highest BCUT2D eigenvalue weighted by atomic mass is 32.1. The number of thiophene rings is 1. The highest BCUT2D eigenvalue weighted by Crippen LogP contribution is 2.37. The third-order valence-corrected chi connectivity index (χ3v) is 6.89. The first-order valence-corrected chi connectivity index (χ1v) is 11.2.